The molecule has 0 aromatic carbocycles. The molecule has 1 aromatic heterocycles. The van der Waals surface area contributed by atoms with Crippen LogP contribution in [0.1, 0.15) is 11.4 Å². The molecule has 0 unspecified atom stereocenters. The fraction of sp³-hybridized carbons (Fsp3) is 0.636. The Morgan fingerprint density at radius 1 is 1.44 bits per heavy atom. The molecule has 1 aliphatic heterocycles. The van der Waals surface area contributed by atoms with E-state index in [1.165, 1.54) is 0 Å². The third kappa shape index (κ3) is 2.61. The van der Waals surface area contributed by atoms with Crippen molar-refractivity contribution in [3.8, 4) is 0 Å². The number of carbonyl (C=O) groups excluding carboxylic acids is 1. The first-order valence-electron chi connectivity index (χ1n) is 5.54. The quantitative estimate of drug-likeness (QED) is 0.754. The van der Waals surface area contributed by atoms with Crippen molar-refractivity contribution in [1.29, 1.82) is 0 Å². The van der Waals surface area contributed by atoms with Crippen LogP contribution in [-0.2, 0) is 11.2 Å². The molecule has 0 aliphatic carbocycles. The number of aromatic amines is 1. The molecule has 0 spiro atoms. The van der Waals surface area contributed by atoms with Gasteiger partial charge in [-0.25, -0.2) is 0 Å². The van der Waals surface area contributed by atoms with E-state index in [1.54, 1.807) is 0 Å². The first-order chi connectivity index (χ1) is 7.65. The van der Waals surface area contributed by atoms with Crippen molar-refractivity contribution in [2.45, 2.75) is 13.3 Å². The van der Waals surface area contributed by atoms with Crippen LogP contribution in [0.4, 0.5) is 0 Å². The molecule has 2 rings (SSSR count). The second-order valence-corrected chi connectivity index (χ2v) is 4.28. The summed E-state index contributed by atoms with van der Waals surface area (Å²) in [6.07, 6.45) is 0.355. The van der Waals surface area contributed by atoms with Crippen LogP contribution in [0.25, 0.3) is 0 Å². The third-order valence-corrected chi connectivity index (χ3v) is 2.87. The minimum absolute atomic E-state index is 0.149. The highest BCUT2D eigenvalue weighted by atomic mass is 16.2. The fourth-order valence-corrected chi connectivity index (χ4v) is 1.82. The summed E-state index contributed by atoms with van der Waals surface area (Å²) in [7, 11) is 2.08. The molecule has 0 bridgehead atoms. The van der Waals surface area contributed by atoms with E-state index in [0.29, 0.717) is 12.1 Å². The van der Waals surface area contributed by atoms with Crippen LogP contribution < -0.4 is 0 Å². The predicted molar refractivity (Wildman–Crippen MR) is 59.9 cm³/mol. The van der Waals surface area contributed by atoms with Crippen molar-refractivity contribution in [3.63, 3.8) is 0 Å². The molecular formula is C11H17N4O. The number of rotatable bonds is 2. The molecule has 1 saturated heterocycles. The van der Waals surface area contributed by atoms with Gasteiger partial charge in [0.1, 0.15) is 0 Å². The number of hydrogen-bond acceptors (Lipinski definition) is 3. The monoisotopic (exact) mass is 221 g/mol. The van der Waals surface area contributed by atoms with Crippen LogP contribution in [0.5, 0.6) is 0 Å². The topological polar surface area (TPSA) is 52.2 Å². The molecule has 1 aliphatic rings. The Bertz CT molecular complexity index is 366. The summed E-state index contributed by atoms with van der Waals surface area (Å²) in [6.45, 7) is 5.43. The lowest BCUT2D eigenvalue weighted by Gasteiger charge is -2.32. The van der Waals surface area contributed by atoms with E-state index in [-0.39, 0.29) is 5.91 Å². The number of H-pyrrole nitrogens is 1. The molecule has 5 heteroatoms. The summed E-state index contributed by atoms with van der Waals surface area (Å²) < 4.78 is 0. The lowest BCUT2D eigenvalue weighted by atomic mass is 10.2. The summed E-state index contributed by atoms with van der Waals surface area (Å²) in [5.41, 5.74) is 1.59. The highest BCUT2D eigenvalue weighted by molar-refractivity contribution is 5.78. The van der Waals surface area contributed by atoms with Crippen molar-refractivity contribution < 1.29 is 4.79 Å². The van der Waals surface area contributed by atoms with Crippen molar-refractivity contribution in [2.75, 3.05) is 33.2 Å². The van der Waals surface area contributed by atoms with E-state index in [9.17, 15) is 4.79 Å². The van der Waals surface area contributed by atoms with Crippen LogP contribution >= 0.6 is 0 Å². The lowest BCUT2D eigenvalue weighted by Crippen LogP contribution is -2.47. The van der Waals surface area contributed by atoms with Crippen molar-refractivity contribution in [2.24, 2.45) is 0 Å². The predicted octanol–water partition coefficient (Wildman–Crippen LogP) is -0.165. The molecule has 1 fully saturated rings. The number of hydrogen-bond donors (Lipinski definition) is 1. The molecule has 1 amide bonds. The van der Waals surface area contributed by atoms with E-state index >= 15 is 0 Å². The molecule has 1 radical (unpaired) electrons. The first kappa shape index (κ1) is 11.1. The van der Waals surface area contributed by atoms with Crippen molar-refractivity contribution >= 4 is 5.91 Å². The number of aryl methyl sites for hydroxylation is 1. The normalized spacial score (nSPS) is 17.8. The van der Waals surface area contributed by atoms with Crippen LogP contribution in [-0.4, -0.2) is 59.1 Å². The number of amides is 1. The van der Waals surface area contributed by atoms with Gasteiger partial charge in [0.2, 0.25) is 5.91 Å². The van der Waals surface area contributed by atoms with Gasteiger partial charge in [-0.3, -0.25) is 9.89 Å². The van der Waals surface area contributed by atoms with Gasteiger partial charge in [0, 0.05) is 37.9 Å². The molecule has 5 nitrogen and oxygen atoms in total. The summed E-state index contributed by atoms with van der Waals surface area (Å²) in [5.74, 6) is 0.149. The maximum Gasteiger partial charge on any atom is 0.228 e. The first-order valence-corrected chi connectivity index (χ1v) is 5.54. The molecule has 2 heterocycles. The molecule has 0 atom stereocenters. The molecule has 0 saturated carbocycles. The van der Waals surface area contributed by atoms with Gasteiger partial charge in [-0.1, -0.05) is 0 Å². The number of piperazine rings is 1. The van der Waals surface area contributed by atoms with Gasteiger partial charge >= 0.3 is 0 Å². The molecule has 1 N–H and O–H groups in total. The Morgan fingerprint density at radius 2 is 2.12 bits per heavy atom. The van der Waals surface area contributed by atoms with Crippen molar-refractivity contribution in [1.82, 2.24) is 20.0 Å². The van der Waals surface area contributed by atoms with E-state index < -0.39 is 0 Å². The SMILES string of the molecule is Cc1[c]c(CC(=O)N2CCN(C)CC2)n[nH]1. The maximum absolute atomic E-state index is 11.9. The zero-order valence-corrected chi connectivity index (χ0v) is 9.79. The lowest BCUT2D eigenvalue weighted by molar-refractivity contribution is -0.132. The van der Waals surface area contributed by atoms with Gasteiger partial charge in [0.15, 0.2) is 0 Å². The van der Waals surface area contributed by atoms with Gasteiger partial charge in [0.05, 0.1) is 12.1 Å². The average Bonchev–Trinajstić information content (AvgIpc) is 2.65. The minimum Gasteiger partial charge on any atom is -0.340 e. The number of nitrogens with zero attached hydrogens (tertiary/aromatic N) is 3. The van der Waals surface area contributed by atoms with E-state index in [4.69, 9.17) is 0 Å². The van der Waals surface area contributed by atoms with Gasteiger partial charge in [-0.15, -0.1) is 0 Å². The fourth-order valence-electron chi connectivity index (χ4n) is 1.82. The van der Waals surface area contributed by atoms with E-state index in [0.717, 1.165) is 31.9 Å². The van der Waals surface area contributed by atoms with Gasteiger partial charge in [-0.05, 0) is 14.0 Å². The van der Waals surface area contributed by atoms with Crippen LogP contribution in [0, 0.1) is 13.0 Å². The summed E-state index contributed by atoms with van der Waals surface area (Å²) in [6, 6.07) is 3.03. The number of likely N-dealkylation sites (N-methyl/N-ethyl adjacent to an activating group) is 1. The largest absolute Gasteiger partial charge is 0.340 e. The van der Waals surface area contributed by atoms with Gasteiger partial charge < -0.3 is 9.80 Å². The minimum atomic E-state index is 0.149. The zero-order chi connectivity index (χ0) is 11.5. The Kier molecular flexibility index (Phi) is 3.24. The Morgan fingerprint density at radius 3 is 2.69 bits per heavy atom. The highest BCUT2D eigenvalue weighted by Gasteiger charge is 2.19. The van der Waals surface area contributed by atoms with Gasteiger partial charge in [0.25, 0.3) is 0 Å². The van der Waals surface area contributed by atoms with E-state index in [2.05, 4.69) is 28.2 Å². The smallest absolute Gasteiger partial charge is 0.228 e. The van der Waals surface area contributed by atoms with Crippen LogP contribution in [0.3, 0.4) is 0 Å². The Hall–Kier alpha value is -1.36. The summed E-state index contributed by atoms with van der Waals surface area (Å²) in [5, 5.41) is 6.83. The molecular weight excluding hydrogens is 204 g/mol. The van der Waals surface area contributed by atoms with Gasteiger partial charge in [-0.2, -0.15) is 5.10 Å². The molecule has 87 valence electrons. The third-order valence-electron chi connectivity index (χ3n) is 2.87. The molecule has 1 aromatic rings. The second kappa shape index (κ2) is 4.65. The zero-order valence-electron chi connectivity index (χ0n) is 9.79. The van der Waals surface area contributed by atoms with Crippen LogP contribution in [0.2, 0.25) is 0 Å². The average molecular weight is 221 g/mol. The van der Waals surface area contributed by atoms with Crippen molar-refractivity contribution in [3.05, 3.63) is 17.5 Å². The number of aromatic nitrogens is 2. The summed E-state index contributed by atoms with van der Waals surface area (Å²) >= 11 is 0. The van der Waals surface area contributed by atoms with E-state index in [1.807, 2.05) is 11.8 Å². The molecule has 16 heavy (non-hydrogen) atoms. The maximum atomic E-state index is 11.9. The number of nitrogens with one attached hydrogen (secondary N) is 1. The Labute approximate surface area is 95.4 Å². The standard InChI is InChI=1S/C11H17N4O/c1-9-7-10(13-12-9)8-11(16)15-5-3-14(2)4-6-15/h3-6,8H2,1-2H3,(H,12,13). The number of carbonyl (C=O) groups is 1. The highest BCUT2D eigenvalue weighted by Crippen LogP contribution is 2.04. The Balaban J connectivity index is 1.88. The van der Waals surface area contributed by atoms with Crippen LogP contribution in [0.15, 0.2) is 0 Å². The second-order valence-electron chi connectivity index (χ2n) is 4.28. The summed E-state index contributed by atoms with van der Waals surface area (Å²) in [4.78, 5) is 16.0.